The van der Waals surface area contributed by atoms with Gasteiger partial charge in [-0.05, 0) is 43.2 Å². The van der Waals surface area contributed by atoms with Gasteiger partial charge in [-0.1, -0.05) is 0 Å². The van der Waals surface area contributed by atoms with Crippen molar-refractivity contribution < 1.29 is 9.31 Å². The summed E-state index contributed by atoms with van der Waals surface area (Å²) in [6, 6.07) is 6.31. The van der Waals surface area contributed by atoms with Crippen molar-refractivity contribution in [3.05, 3.63) is 63.7 Å². The maximum atomic E-state index is 13.2. The Morgan fingerprint density at radius 2 is 2.22 bits per heavy atom. The first-order chi connectivity index (χ1) is 11.0. The van der Waals surface area contributed by atoms with Crippen molar-refractivity contribution in [1.82, 2.24) is 9.97 Å². The van der Waals surface area contributed by atoms with Crippen LogP contribution in [0.2, 0.25) is 0 Å². The number of aryl methyl sites for hydroxylation is 1. The predicted molar refractivity (Wildman–Crippen MR) is 86.1 cm³/mol. The Kier molecular flexibility index (Phi) is 3.92. The van der Waals surface area contributed by atoms with E-state index < -0.39 is 4.92 Å². The summed E-state index contributed by atoms with van der Waals surface area (Å²) in [5, 5.41) is 14.9. The molecular formula is C16H15FN4O2. The second-order valence-electron chi connectivity index (χ2n) is 5.29. The zero-order chi connectivity index (χ0) is 16.4. The smallest absolute Gasteiger partial charge is 0.290 e. The SMILES string of the molecule is Cc1cc(NCCc2c[nH]c3cc(F)ccc23)ncc1[N+](=O)[O-]. The molecule has 0 saturated heterocycles. The van der Waals surface area contributed by atoms with Crippen molar-refractivity contribution in [3.63, 3.8) is 0 Å². The molecule has 6 nitrogen and oxygen atoms in total. The van der Waals surface area contributed by atoms with Gasteiger partial charge in [0.2, 0.25) is 0 Å². The molecule has 1 aromatic carbocycles. The molecule has 0 aliphatic rings. The monoisotopic (exact) mass is 314 g/mol. The Bertz CT molecular complexity index is 876. The van der Waals surface area contributed by atoms with E-state index in [-0.39, 0.29) is 11.5 Å². The highest BCUT2D eigenvalue weighted by Crippen LogP contribution is 2.21. The van der Waals surface area contributed by atoms with Gasteiger partial charge in [0.05, 0.1) is 4.92 Å². The lowest BCUT2D eigenvalue weighted by Gasteiger charge is -2.06. The lowest BCUT2D eigenvalue weighted by atomic mass is 10.1. The molecule has 0 aliphatic carbocycles. The van der Waals surface area contributed by atoms with E-state index in [0.717, 1.165) is 22.9 Å². The van der Waals surface area contributed by atoms with Gasteiger partial charge in [-0.15, -0.1) is 0 Å². The number of nitrogens with one attached hydrogen (secondary N) is 2. The van der Waals surface area contributed by atoms with Gasteiger partial charge in [-0.2, -0.15) is 0 Å². The molecule has 0 radical (unpaired) electrons. The van der Waals surface area contributed by atoms with Crippen LogP contribution in [0, 0.1) is 22.9 Å². The average Bonchev–Trinajstić information content (AvgIpc) is 2.89. The molecule has 2 aromatic heterocycles. The molecule has 0 spiro atoms. The normalized spacial score (nSPS) is 10.9. The molecule has 2 heterocycles. The van der Waals surface area contributed by atoms with Gasteiger partial charge in [0.15, 0.2) is 0 Å². The number of nitrogens with zero attached hydrogens (tertiary/aromatic N) is 2. The fourth-order valence-electron chi connectivity index (χ4n) is 2.53. The number of rotatable bonds is 5. The van der Waals surface area contributed by atoms with Crippen LogP contribution >= 0.6 is 0 Å². The zero-order valence-electron chi connectivity index (χ0n) is 12.5. The van der Waals surface area contributed by atoms with Crippen LogP contribution in [0.4, 0.5) is 15.9 Å². The summed E-state index contributed by atoms with van der Waals surface area (Å²) in [6.45, 7) is 2.30. The molecule has 0 unspecified atom stereocenters. The van der Waals surface area contributed by atoms with Crippen LogP contribution in [0.1, 0.15) is 11.1 Å². The number of hydrogen-bond donors (Lipinski definition) is 2. The maximum absolute atomic E-state index is 13.2. The summed E-state index contributed by atoms with van der Waals surface area (Å²) < 4.78 is 13.2. The number of benzene rings is 1. The average molecular weight is 314 g/mol. The summed E-state index contributed by atoms with van der Waals surface area (Å²) in [5.41, 5.74) is 2.42. The van der Waals surface area contributed by atoms with Crippen LogP contribution in [0.25, 0.3) is 10.9 Å². The van der Waals surface area contributed by atoms with Gasteiger partial charge in [-0.3, -0.25) is 10.1 Å². The summed E-state index contributed by atoms with van der Waals surface area (Å²) in [7, 11) is 0. The number of anilines is 1. The van der Waals surface area contributed by atoms with Crippen LogP contribution in [0.5, 0.6) is 0 Å². The summed E-state index contributed by atoms with van der Waals surface area (Å²) in [5.74, 6) is 0.327. The van der Waals surface area contributed by atoms with E-state index in [9.17, 15) is 14.5 Å². The maximum Gasteiger partial charge on any atom is 0.290 e. The van der Waals surface area contributed by atoms with Crippen molar-refractivity contribution >= 4 is 22.4 Å². The molecule has 3 rings (SSSR count). The minimum absolute atomic E-state index is 0.00852. The summed E-state index contributed by atoms with van der Waals surface area (Å²) in [4.78, 5) is 17.4. The number of aromatic amines is 1. The zero-order valence-corrected chi connectivity index (χ0v) is 12.5. The highest BCUT2D eigenvalue weighted by atomic mass is 19.1. The number of hydrogen-bond acceptors (Lipinski definition) is 4. The van der Waals surface area contributed by atoms with Crippen molar-refractivity contribution in [2.24, 2.45) is 0 Å². The molecule has 0 fully saturated rings. The Hall–Kier alpha value is -2.96. The Balaban J connectivity index is 1.67. The van der Waals surface area contributed by atoms with E-state index in [4.69, 9.17) is 0 Å². The van der Waals surface area contributed by atoms with Gasteiger partial charge in [-0.25, -0.2) is 9.37 Å². The highest BCUT2D eigenvalue weighted by molar-refractivity contribution is 5.83. The molecule has 23 heavy (non-hydrogen) atoms. The van der Waals surface area contributed by atoms with Gasteiger partial charge >= 0.3 is 0 Å². The van der Waals surface area contributed by atoms with Crippen molar-refractivity contribution in [2.45, 2.75) is 13.3 Å². The molecule has 118 valence electrons. The van der Waals surface area contributed by atoms with Gasteiger partial charge in [0.25, 0.3) is 5.69 Å². The van der Waals surface area contributed by atoms with E-state index in [1.54, 1.807) is 19.1 Å². The standard InChI is InChI=1S/C16H15FN4O2/c1-10-6-16(20-9-15(10)21(22)23)18-5-4-11-8-19-14-7-12(17)2-3-13(11)14/h2-3,6-9,19H,4-5H2,1H3,(H,18,20). The van der Waals surface area contributed by atoms with Crippen molar-refractivity contribution in [2.75, 3.05) is 11.9 Å². The second-order valence-corrected chi connectivity index (χ2v) is 5.29. The van der Waals surface area contributed by atoms with E-state index in [0.29, 0.717) is 17.9 Å². The van der Waals surface area contributed by atoms with E-state index in [1.165, 1.54) is 18.3 Å². The number of aromatic nitrogens is 2. The lowest BCUT2D eigenvalue weighted by molar-refractivity contribution is -0.385. The lowest BCUT2D eigenvalue weighted by Crippen LogP contribution is -2.06. The number of pyridine rings is 1. The van der Waals surface area contributed by atoms with Crippen LogP contribution in [-0.2, 0) is 6.42 Å². The van der Waals surface area contributed by atoms with E-state index >= 15 is 0 Å². The minimum Gasteiger partial charge on any atom is -0.370 e. The third-order valence-corrected chi connectivity index (χ3v) is 3.71. The Morgan fingerprint density at radius 1 is 1.39 bits per heavy atom. The number of H-pyrrole nitrogens is 1. The Morgan fingerprint density at radius 3 is 2.96 bits per heavy atom. The fraction of sp³-hybridized carbons (Fsp3) is 0.188. The number of halogens is 1. The van der Waals surface area contributed by atoms with Gasteiger partial charge < -0.3 is 10.3 Å². The largest absolute Gasteiger partial charge is 0.370 e. The highest BCUT2D eigenvalue weighted by Gasteiger charge is 2.11. The summed E-state index contributed by atoms with van der Waals surface area (Å²) in [6.07, 6.45) is 3.84. The molecule has 3 aromatic rings. The first-order valence-electron chi connectivity index (χ1n) is 7.15. The van der Waals surface area contributed by atoms with E-state index in [1.807, 2.05) is 6.20 Å². The minimum atomic E-state index is -0.447. The summed E-state index contributed by atoms with van der Waals surface area (Å²) >= 11 is 0. The molecular weight excluding hydrogens is 299 g/mol. The predicted octanol–water partition coefficient (Wildman–Crippen LogP) is 3.57. The molecule has 2 N–H and O–H groups in total. The molecule has 7 heteroatoms. The third kappa shape index (κ3) is 3.13. The number of nitro groups is 1. The van der Waals surface area contributed by atoms with Gasteiger partial charge in [0.1, 0.15) is 17.8 Å². The molecule has 0 atom stereocenters. The van der Waals surface area contributed by atoms with Crippen LogP contribution < -0.4 is 5.32 Å². The van der Waals surface area contributed by atoms with Crippen LogP contribution in [0.3, 0.4) is 0 Å². The van der Waals surface area contributed by atoms with E-state index in [2.05, 4.69) is 15.3 Å². The van der Waals surface area contributed by atoms with Crippen molar-refractivity contribution in [1.29, 1.82) is 0 Å². The first kappa shape index (κ1) is 15.0. The molecule has 0 saturated carbocycles. The van der Waals surface area contributed by atoms with Gasteiger partial charge in [0, 0.05) is 29.2 Å². The Labute approximate surface area is 131 Å². The van der Waals surface area contributed by atoms with Crippen LogP contribution in [0.15, 0.2) is 36.7 Å². The van der Waals surface area contributed by atoms with Crippen LogP contribution in [-0.4, -0.2) is 21.4 Å². The molecule has 0 amide bonds. The topological polar surface area (TPSA) is 83.8 Å². The molecule has 0 aliphatic heterocycles. The first-order valence-corrected chi connectivity index (χ1v) is 7.15. The quantitative estimate of drug-likeness (QED) is 0.557. The molecule has 0 bridgehead atoms. The number of fused-ring (bicyclic) bond motifs is 1. The van der Waals surface area contributed by atoms with Crippen molar-refractivity contribution in [3.8, 4) is 0 Å². The third-order valence-electron chi connectivity index (χ3n) is 3.71. The second kappa shape index (κ2) is 6.04. The fourth-order valence-corrected chi connectivity index (χ4v) is 2.53.